The summed E-state index contributed by atoms with van der Waals surface area (Å²) >= 11 is 5.69. The van der Waals surface area contributed by atoms with Crippen molar-refractivity contribution in [2.45, 2.75) is 25.5 Å². The third-order valence-electron chi connectivity index (χ3n) is 3.92. The van der Waals surface area contributed by atoms with Crippen molar-refractivity contribution in [3.05, 3.63) is 28.8 Å². The lowest BCUT2D eigenvalue weighted by Gasteiger charge is -2.26. The Balaban J connectivity index is 2.02. The van der Waals surface area contributed by atoms with Crippen LogP contribution in [0.25, 0.3) is 0 Å². The normalized spacial score (nSPS) is 20.4. The van der Waals surface area contributed by atoms with E-state index in [0.29, 0.717) is 6.42 Å². The second kappa shape index (κ2) is 6.98. The van der Waals surface area contributed by atoms with Gasteiger partial charge in [0.2, 0.25) is 0 Å². The predicted molar refractivity (Wildman–Crippen MR) is 87.8 cm³/mol. The fourth-order valence-electron chi connectivity index (χ4n) is 2.50. The van der Waals surface area contributed by atoms with Gasteiger partial charge in [-0.1, -0.05) is 11.6 Å². The molecular formula is C15H18ClNO6S. The molecule has 0 unspecified atom stereocenters. The molecule has 9 heteroatoms. The van der Waals surface area contributed by atoms with Gasteiger partial charge in [0.05, 0.1) is 11.5 Å². The van der Waals surface area contributed by atoms with Crippen LogP contribution < -0.4 is 0 Å². The number of hydrogen-bond donors (Lipinski definition) is 1. The number of esters is 1. The molecule has 0 aromatic heterocycles. The summed E-state index contributed by atoms with van der Waals surface area (Å²) in [6.45, 7) is 1.40. The Hall–Kier alpha value is -1.80. The zero-order chi connectivity index (χ0) is 18.1. The minimum atomic E-state index is -3.12. The average molecular weight is 376 g/mol. The summed E-state index contributed by atoms with van der Waals surface area (Å²) in [5, 5.41) is 9.96. The fourth-order valence-corrected chi connectivity index (χ4v) is 4.44. The Kier molecular flexibility index (Phi) is 5.39. The van der Waals surface area contributed by atoms with E-state index in [1.807, 2.05) is 0 Å². The van der Waals surface area contributed by atoms with Crippen LogP contribution in [-0.2, 0) is 19.4 Å². The molecule has 0 saturated carbocycles. The maximum atomic E-state index is 12.3. The van der Waals surface area contributed by atoms with Gasteiger partial charge in [0.15, 0.2) is 15.9 Å². The lowest BCUT2D eigenvalue weighted by Crippen LogP contribution is -2.44. The van der Waals surface area contributed by atoms with E-state index in [-0.39, 0.29) is 27.8 Å². The number of amides is 1. The summed E-state index contributed by atoms with van der Waals surface area (Å²) in [4.78, 5) is 25.7. The summed E-state index contributed by atoms with van der Waals surface area (Å²) < 4.78 is 28.1. The van der Waals surface area contributed by atoms with E-state index in [4.69, 9.17) is 16.3 Å². The minimum absolute atomic E-state index is 0.0438. The second-order valence-corrected chi connectivity index (χ2v) is 8.38. The van der Waals surface area contributed by atoms with Crippen LogP contribution in [0.5, 0.6) is 5.75 Å². The molecular weight excluding hydrogens is 358 g/mol. The maximum Gasteiger partial charge on any atom is 0.342 e. The lowest BCUT2D eigenvalue weighted by molar-refractivity contribution is -0.140. The third-order valence-corrected chi connectivity index (χ3v) is 5.90. The van der Waals surface area contributed by atoms with Gasteiger partial charge in [0, 0.05) is 18.1 Å². The van der Waals surface area contributed by atoms with E-state index in [9.17, 15) is 23.1 Å². The standard InChI is InChI=1S/C15H18ClNO6S/c1-9(14(19)17(2)11-5-6-24(21,22)8-11)23-15(20)12-4-3-10(16)7-13(12)18/h3-4,7,9,11,18H,5-6,8H2,1-2H3/t9-,11+/m0/s1. The lowest BCUT2D eigenvalue weighted by atomic mass is 10.2. The predicted octanol–water partition coefficient (Wildman–Crippen LogP) is 1.24. The van der Waals surface area contributed by atoms with Gasteiger partial charge >= 0.3 is 5.97 Å². The first-order valence-corrected chi connectivity index (χ1v) is 9.47. The number of hydrogen-bond acceptors (Lipinski definition) is 6. The molecule has 1 aliphatic heterocycles. The zero-order valence-corrected chi connectivity index (χ0v) is 14.8. The van der Waals surface area contributed by atoms with E-state index in [1.165, 1.54) is 37.1 Å². The molecule has 0 bridgehead atoms. The largest absolute Gasteiger partial charge is 0.507 e. The summed E-state index contributed by atoms with van der Waals surface area (Å²) in [6, 6.07) is 3.48. The van der Waals surface area contributed by atoms with Crippen molar-refractivity contribution in [1.29, 1.82) is 0 Å². The number of carbonyl (C=O) groups excluding carboxylic acids is 2. The zero-order valence-electron chi connectivity index (χ0n) is 13.2. The molecule has 1 fully saturated rings. The molecule has 1 aromatic rings. The van der Waals surface area contributed by atoms with Gasteiger partial charge in [0.25, 0.3) is 5.91 Å². The molecule has 1 heterocycles. The van der Waals surface area contributed by atoms with E-state index >= 15 is 0 Å². The van der Waals surface area contributed by atoms with Crippen LogP contribution in [0.15, 0.2) is 18.2 Å². The monoisotopic (exact) mass is 375 g/mol. The molecule has 7 nitrogen and oxygen atoms in total. The van der Waals surface area contributed by atoms with Crippen LogP contribution in [0.1, 0.15) is 23.7 Å². The fraction of sp³-hybridized carbons (Fsp3) is 0.467. The number of sulfone groups is 1. The highest BCUT2D eigenvalue weighted by molar-refractivity contribution is 7.91. The number of phenolic OH excluding ortho intramolecular Hbond substituents is 1. The summed E-state index contributed by atoms with van der Waals surface area (Å²) in [7, 11) is -1.64. The Morgan fingerprint density at radius 3 is 2.62 bits per heavy atom. The second-order valence-electron chi connectivity index (χ2n) is 5.72. The molecule has 0 spiro atoms. The van der Waals surface area contributed by atoms with Gasteiger partial charge in [0.1, 0.15) is 11.3 Å². The van der Waals surface area contributed by atoms with Gasteiger partial charge in [-0.05, 0) is 31.5 Å². The van der Waals surface area contributed by atoms with Crippen molar-refractivity contribution in [3.63, 3.8) is 0 Å². The molecule has 1 aliphatic rings. The first kappa shape index (κ1) is 18.5. The molecule has 132 valence electrons. The number of halogens is 1. The van der Waals surface area contributed by atoms with Crippen LogP contribution in [0.2, 0.25) is 5.02 Å². The number of benzene rings is 1. The first-order chi connectivity index (χ1) is 11.1. The van der Waals surface area contributed by atoms with E-state index in [0.717, 1.165) is 0 Å². The van der Waals surface area contributed by atoms with Crippen molar-refractivity contribution in [1.82, 2.24) is 4.90 Å². The molecule has 1 aromatic carbocycles. The van der Waals surface area contributed by atoms with Crippen molar-refractivity contribution in [3.8, 4) is 5.75 Å². The minimum Gasteiger partial charge on any atom is -0.507 e. The molecule has 1 N–H and O–H groups in total. The summed E-state index contributed by atoms with van der Waals surface area (Å²) in [5.74, 6) is -1.76. The van der Waals surface area contributed by atoms with Crippen molar-refractivity contribution >= 4 is 33.3 Å². The molecule has 0 radical (unpaired) electrons. The number of ether oxygens (including phenoxy) is 1. The van der Waals surface area contributed by atoms with Crippen molar-refractivity contribution in [2.24, 2.45) is 0 Å². The van der Waals surface area contributed by atoms with Crippen LogP contribution in [0.3, 0.4) is 0 Å². The highest BCUT2D eigenvalue weighted by atomic mass is 35.5. The van der Waals surface area contributed by atoms with E-state index in [2.05, 4.69) is 0 Å². The summed E-state index contributed by atoms with van der Waals surface area (Å²) in [6.07, 6.45) is -0.746. The Labute approximate surface area is 145 Å². The maximum absolute atomic E-state index is 12.3. The molecule has 1 amide bonds. The highest BCUT2D eigenvalue weighted by Gasteiger charge is 2.35. The smallest absolute Gasteiger partial charge is 0.342 e. The average Bonchev–Trinajstić information content (AvgIpc) is 2.85. The van der Waals surface area contributed by atoms with Crippen LogP contribution in [0, 0.1) is 0 Å². The topological polar surface area (TPSA) is 101 Å². The Bertz CT molecular complexity index is 763. The highest BCUT2D eigenvalue weighted by Crippen LogP contribution is 2.23. The van der Waals surface area contributed by atoms with E-state index < -0.39 is 33.9 Å². The number of aromatic hydroxyl groups is 1. The molecule has 24 heavy (non-hydrogen) atoms. The van der Waals surface area contributed by atoms with Gasteiger partial charge in [-0.25, -0.2) is 13.2 Å². The number of nitrogens with zero attached hydrogens (tertiary/aromatic N) is 1. The summed E-state index contributed by atoms with van der Waals surface area (Å²) in [5.41, 5.74) is -0.106. The van der Waals surface area contributed by atoms with E-state index in [1.54, 1.807) is 0 Å². The first-order valence-electron chi connectivity index (χ1n) is 7.27. The van der Waals surface area contributed by atoms with Gasteiger partial charge < -0.3 is 14.7 Å². The molecule has 0 aliphatic carbocycles. The molecule has 2 atom stereocenters. The quantitative estimate of drug-likeness (QED) is 0.794. The van der Waals surface area contributed by atoms with Crippen molar-refractivity contribution in [2.75, 3.05) is 18.6 Å². The van der Waals surface area contributed by atoms with Crippen LogP contribution in [-0.4, -0.2) is 61.0 Å². The van der Waals surface area contributed by atoms with Crippen LogP contribution in [0.4, 0.5) is 0 Å². The third kappa shape index (κ3) is 4.18. The van der Waals surface area contributed by atoms with Crippen molar-refractivity contribution < 1.29 is 27.9 Å². The Morgan fingerprint density at radius 2 is 2.08 bits per heavy atom. The number of rotatable bonds is 4. The Morgan fingerprint density at radius 1 is 1.42 bits per heavy atom. The molecule has 2 rings (SSSR count). The number of phenols is 1. The number of likely N-dealkylation sites (N-methyl/N-ethyl adjacent to an activating group) is 1. The van der Waals surface area contributed by atoms with Gasteiger partial charge in [-0.15, -0.1) is 0 Å². The van der Waals surface area contributed by atoms with Crippen LogP contribution >= 0.6 is 11.6 Å². The number of carbonyl (C=O) groups is 2. The van der Waals surface area contributed by atoms with Gasteiger partial charge in [-0.3, -0.25) is 4.79 Å². The van der Waals surface area contributed by atoms with Gasteiger partial charge in [-0.2, -0.15) is 0 Å². The SMILES string of the molecule is C[C@H](OC(=O)c1ccc(Cl)cc1O)C(=O)N(C)[C@@H]1CCS(=O)(=O)C1. The molecule has 1 saturated heterocycles.